The summed E-state index contributed by atoms with van der Waals surface area (Å²) in [6, 6.07) is 14.2. The van der Waals surface area contributed by atoms with E-state index < -0.39 is 17.1 Å². The number of para-hydroxylation sites is 1. The Hall–Kier alpha value is -3.45. The summed E-state index contributed by atoms with van der Waals surface area (Å²) in [5, 5.41) is 26.3. The second-order valence-corrected chi connectivity index (χ2v) is 8.66. The second kappa shape index (κ2) is 9.19. The summed E-state index contributed by atoms with van der Waals surface area (Å²) in [5.41, 5.74) is 2.21. The first-order valence-electron chi connectivity index (χ1n) is 9.36. The van der Waals surface area contributed by atoms with E-state index in [-0.39, 0.29) is 28.0 Å². The van der Waals surface area contributed by atoms with Crippen molar-refractivity contribution in [3.05, 3.63) is 59.1 Å². The molecule has 0 fully saturated rings. The molecule has 33 heavy (non-hydrogen) atoms. The van der Waals surface area contributed by atoms with Gasteiger partial charge in [-0.2, -0.15) is 13.2 Å². The first kappa shape index (κ1) is 22.7. The number of anilines is 1. The Morgan fingerprint density at radius 2 is 1.82 bits per heavy atom. The molecule has 2 heterocycles. The number of benzene rings is 2. The molecule has 2 N–H and O–H groups in total. The SMILES string of the molecule is Cc1ccc(-n2c(SCC(=O)Nc3nnc(C(F)(F)F)s3)nnc2-c2ccccc2O)cc1. The maximum Gasteiger partial charge on any atom is 0.445 e. The fourth-order valence-corrected chi connectivity index (χ4v) is 4.18. The lowest BCUT2D eigenvalue weighted by Gasteiger charge is -2.11. The standard InChI is InChI=1S/C20H15F3N6O2S2/c1-11-6-8-12(9-7-11)29-16(13-4-2-3-5-14(13)30)25-28-19(29)32-10-15(31)24-18-27-26-17(33-18)20(21,22)23/h2-9,30H,10H2,1H3,(H,24,27,31). The van der Waals surface area contributed by atoms with Gasteiger partial charge < -0.3 is 5.11 Å². The zero-order chi connectivity index (χ0) is 23.6. The van der Waals surface area contributed by atoms with E-state index >= 15 is 0 Å². The van der Waals surface area contributed by atoms with E-state index in [9.17, 15) is 23.1 Å². The molecule has 0 spiro atoms. The van der Waals surface area contributed by atoms with Crippen molar-refractivity contribution >= 4 is 34.1 Å². The molecule has 0 atom stereocenters. The number of aromatic hydroxyl groups is 1. The Morgan fingerprint density at radius 3 is 2.48 bits per heavy atom. The first-order valence-corrected chi connectivity index (χ1v) is 11.2. The van der Waals surface area contributed by atoms with Crippen LogP contribution in [0.2, 0.25) is 0 Å². The largest absolute Gasteiger partial charge is 0.507 e. The van der Waals surface area contributed by atoms with Crippen molar-refractivity contribution in [1.82, 2.24) is 25.0 Å². The number of nitrogens with zero attached hydrogens (tertiary/aromatic N) is 5. The van der Waals surface area contributed by atoms with Gasteiger partial charge in [-0.25, -0.2) is 0 Å². The van der Waals surface area contributed by atoms with Gasteiger partial charge in [0.2, 0.25) is 16.0 Å². The lowest BCUT2D eigenvalue weighted by molar-refractivity contribution is -0.138. The zero-order valence-corrected chi connectivity index (χ0v) is 18.5. The molecule has 2 aromatic heterocycles. The van der Waals surface area contributed by atoms with Crippen LogP contribution >= 0.6 is 23.1 Å². The number of aryl methyl sites for hydroxylation is 1. The molecule has 0 aliphatic rings. The summed E-state index contributed by atoms with van der Waals surface area (Å²) in [7, 11) is 0. The Bertz CT molecular complexity index is 1290. The number of amides is 1. The Morgan fingerprint density at radius 1 is 1.09 bits per heavy atom. The highest BCUT2D eigenvalue weighted by molar-refractivity contribution is 7.99. The molecule has 170 valence electrons. The molecular weight excluding hydrogens is 477 g/mol. The molecule has 0 unspecified atom stereocenters. The second-order valence-electron chi connectivity index (χ2n) is 6.74. The minimum Gasteiger partial charge on any atom is -0.507 e. The highest BCUT2D eigenvalue weighted by Gasteiger charge is 2.35. The van der Waals surface area contributed by atoms with Gasteiger partial charge in [0.15, 0.2) is 11.0 Å². The van der Waals surface area contributed by atoms with E-state index in [0.717, 1.165) is 17.3 Å². The molecule has 0 bridgehead atoms. The van der Waals surface area contributed by atoms with Crippen molar-refractivity contribution < 1.29 is 23.1 Å². The van der Waals surface area contributed by atoms with E-state index in [0.29, 0.717) is 22.2 Å². The van der Waals surface area contributed by atoms with E-state index in [1.165, 1.54) is 6.07 Å². The van der Waals surface area contributed by atoms with Gasteiger partial charge in [-0.1, -0.05) is 52.9 Å². The fraction of sp³-hybridized carbons (Fsp3) is 0.150. The van der Waals surface area contributed by atoms with Crippen molar-refractivity contribution in [3.63, 3.8) is 0 Å². The Balaban J connectivity index is 1.57. The van der Waals surface area contributed by atoms with E-state index in [4.69, 9.17) is 0 Å². The third kappa shape index (κ3) is 5.14. The topological polar surface area (TPSA) is 106 Å². The predicted octanol–water partition coefficient (Wildman–Crippen LogP) is 4.55. The van der Waals surface area contributed by atoms with Crippen molar-refractivity contribution in [2.24, 2.45) is 0 Å². The van der Waals surface area contributed by atoms with Crippen LogP contribution in [0.15, 0.2) is 53.7 Å². The van der Waals surface area contributed by atoms with E-state index in [1.807, 2.05) is 31.2 Å². The lowest BCUT2D eigenvalue weighted by Crippen LogP contribution is -2.14. The third-order valence-corrected chi connectivity index (χ3v) is 6.13. The summed E-state index contributed by atoms with van der Waals surface area (Å²) >= 11 is 1.28. The molecule has 4 aromatic rings. The maximum absolute atomic E-state index is 12.7. The molecule has 2 aromatic carbocycles. The summed E-state index contributed by atoms with van der Waals surface area (Å²) in [5.74, 6) is -0.346. The van der Waals surface area contributed by atoms with Crippen molar-refractivity contribution in [1.29, 1.82) is 0 Å². The average Bonchev–Trinajstić information content (AvgIpc) is 3.40. The van der Waals surface area contributed by atoms with Crippen LogP contribution < -0.4 is 5.32 Å². The number of alkyl halides is 3. The fourth-order valence-electron chi connectivity index (χ4n) is 2.80. The van der Waals surface area contributed by atoms with Crippen LogP contribution in [-0.2, 0) is 11.0 Å². The molecule has 4 rings (SSSR count). The van der Waals surface area contributed by atoms with Gasteiger partial charge in [0.25, 0.3) is 0 Å². The molecule has 8 nitrogen and oxygen atoms in total. The molecule has 0 saturated carbocycles. The van der Waals surface area contributed by atoms with Crippen LogP contribution in [0.25, 0.3) is 17.1 Å². The third-order valence-electron chi connectivity index (χ3n) is 4.32. The van der Waals surface area contributed by atoms with Crippen molar-refractivity contribution in [3.8, 4) is 22.8 Å². The average molecular weight is 493 g/mol. The van der Waals surface area contributed by atoms with Gasteiger partial charge in [-0.15, -0.1) is 20.4 Å². The smallest absolute Gasteiger partial charge is 0.445 e. The van der Waals surface area contributed by atoms with Crippen LogP contribution in [0.1, 0.15) is 10.6 Å². The van der Waals surface area contributed by atoms with E-state index in [2.05, 4.69) is 25.7 Å². The van der Waals surface area contributed by atoms with Crippen LogP contribution in [0, 0.1) is 6.92 Å². The van der Waals surface area contributed by atoms with Gasteiger partial charge in [0, 0.05) is 5.69 Å². The number of phenolic OH excluding ortho intramolecular Hbond substituents is 1. The highest BCUT2D eigenvalue weighted by atomic mass is 32.2. The summed E-state index contributed by atoms with van der Waals surface area (Å²) in [4.78, 5) is 12.3. The number of halogens is 3. The predicted molar refractivity (Wildman–Crippen MR) is 117 cm³/mol. The quantitative estimate of drug-likeness (QED) is 0.381. The molecular formula is C20H15F3N6O2S2. The molecule has 0 radical (unpaired) electrons. The lowest BCUT2D eigenvalue weighted by atomic mass is 10.1. The minimum absolute atomic E-state index is 0.0179. The highest BCUT2D eigenvalue weighted by Crippen LogP contribution is 2.34. The number of phenols is 1. The number of thioether (sulfide) groups is 1. The van der Waals surface area contributed by atoms with Crippen LogP contribution in [0.3, 0.4) is 0 Å². The van der Waals surface area contributed by atoms with Crippen LogP contribution in [0.4, 0.5) is 18.3 Å². The zero-order valence-electron chi connectivity index (χ0n) is 16.9. The molecule has 13 heteroatoms. The molecule has 0 aliphatic carbocycles. The number of hydrogen-bond acceptors (Lipinski definition) is 8. The normalized spacial score (nSPS) is 11.5. The number of rotatable bonds is 6. The van der Waals surface area contributed by atoms with Gasteiger partial charge in [-0.05, 0) is 31.2 Å². The number of aromatic nitrogens is 5. The molecule has 0 saturated heterocycles. The number of carbonyl (C=O) groups excluding carboxylic acids is 1. The number of hydrogen-bond donors (Lipinski definition) is 2. The summed E-state index contributed by atoms with van der Waals surface area (Å²) in [6.45, 7) is 1.94. The molecule has 1 amide bonds. The minimum atomic E-state index is -4.63. The Labute approximate surface area is 193 Å². The van der Waals surface area contributed by atoms with Crippen LogP contribution in [-0.4, -0.2) is 41.7 Å². The van der Waals surface area contributed by atoms with Gasteiger partial charge >= 0.3 is 6.18 Å². The molecule has 0 aliphatic heterocycles. The summed E-state index contributed by atoms with van der Waals surface area (Å²) in [6.07, 6.45) is -4.63. The van der Waals surface area contributed by atoms with Crippen molar-refractivity contribution in [2.75, 3.05) is 11.1 Å². The van der Waals surface area contributed by atoms with Gasteiger partial charge in [0.1, 0.15) is 5.75 Å². The van der Waals surface area contributed by atoms with Crippen molar-refractivity contribution in [2.45, 2.75) is 18.3 Å². The number of nitrogens with one attached hydrogen (secondary N) is 1. The van der Waals surface area contributed by atoms with Gasteiger partial charge in [-0.3, -0.25) is 14.7 Å². The monoisotopic (exact) mass is 492 g/mol. The first-order chi connectivity index (χ1) is 15.7. The maximum atomic E-state index is 12.7. The van der Waals surface area contributed by atoms with Crippen LogP contribution in [0.5, 0.6) is 5.75 Å². The number of carbonyl (C=O) groups is 1. The van der Waals surface area contributed by atoms with Gasteiger partial charge in [0.05, 0.1) is 11.3 Å². The van der Waals surface area contributed by atoms with E-state index in [1.54, 1.807) is 22.8 Å². The Kier molecular flexibility index (Phi) is 6.33. The summed E-state index contributed by atoms with van der Waals surface area (Å²) < 4.78 is 39.7.